The average molecular weight is 419 g/mol. The minimum atomic E-state index is -0.409. The fraction of sp³-hybridized carbons (Fsp3) is 0.333. The molecule has 29 heavy (non-hydrogen) atoms. The van der Waals surface area contributed by atoms with E-state index in [1.807, 2.05) is 31.2 Å². The quantitative estimate of drug-likeness (QED) is 0.627. The van der Waals surface area contributed by atoms with E-state index in [0.29, 0.717) is 28.5 Å². The van der Waals surface area contributed by atoms with Crippen LogP contribution in [0, 0.1) is 0 Å². The molecule has 0 aliphatic carbocycles. The normalized spacial score (nSPS) is 11.2. The van der Waals surface area contributed by atoms with Crippen LogP contribution in [-0.2, 0) is 0 Å². The average Bonchev–Trinajstić information content (AvgIpc) is 2.72. The van der Waals surface area contributed by atoms with Crippen LogP contribution in [0.5, 0.6) is 23.0 Å². The van der Waals surface area contributed by atoms with Crippen molar-refractivity contribution in [3.63, 3.8) is 0 Å². The molecule has 1 amide bonds. The zero-order chi connectivity index (χ0) is 21.4. The summed E-state index contributed by atoms with van der Waals surface area (Å²) in [6.45, 7) is 4.06. The van der Waals surface area contributed by atoms with Gasteiger partial charge in [-0.3, -0.25) is 10.1 Å². The summed E-state index contributed by atoms with van der Waals surface area (Å²) in [5.74, 6) is 1.48. The van der Waals surface area contributed by atoms with Gasteiger partial charge in [-0.15, -0.1) is 0 Å². The van der Waals surface area contributed by atoms with E-state index in [1.165, 1.54) is 21.3 Å². The van der Waals surface area contributed by atoms with Crippen LogP contribution in [0.2, 0.25) is 0 Å². The van der Waals surface area contributed by atoms with E-state index in [0.717, 1.165) is 12.2 Å². The van der Waals surface area contributed by atoms with Gasteiger partial charge in [-0.1, -0.05) is 13.0 Å². The lowest BCUT2D eigenvalue weighted by atomic mass is 10.1. The molecular weight excluding hydrogens is 392 g/mol. The second kappa shape index (κ2) is 10.5. The number of nitrogens with one attached hydrogen (secondary N) is 2. The SMILES string of the molecule is CCC(C)Oc1cccc(NC(=S)NC(=O)c2cc(OC)c(OC)c(OC)c2)c1. The summed E-state index contributed by atoms with van der Waals surface area (Å²) < 4.78 is 21.6. The van der Waals surface area contributed by atoms with Crippen molar-refractivity contribution >= 4 is 28.9 Å². The van der Waals surface area contributed by atoms with Gasteiger partial charge in [0, 0.05) is 17.3 Å². The van der Waals surface area contributed by atoms with Gasteiger partial charge in [-0.2, -0.15) is 0 Å². The lowest BCUT2D eigenvalue weighted by Gasteiger charge is -2.15. The summed E-state index contributed by atoms with van der Waals surface area (Å²) in [7, 11) is 4.47. The first-order valence-electron chi connectivity index (χ1n) is 9.10. The number of rotatable bonds is 8. The lowest BCUT2D eigenvalue weighted by Crippen LogP contribution is -2.34. The van der Waals surface area contributed by atoms with E-state index < -0.39 is 5.91 Å². The maximum atomic E-state index is 12.6. The Balaban J connectivity index is 2.10. The number of ether oxygens (including phenoxy) is 4. The summed E-state index contributed by atoms with van der Waals surface area (Å²) in [6.07, 6.45) is 1.01. The molecule has 156 valence electrons. The number of benzene rings is 2. The van der Waals surface area contributed by atoms with E-state index in [4.69, 9.17) is 31.2 Å². The van der Waals surface area contributed by atoms with Crippen LogP contribution in [0.4, 0.5) is 5.69 Å². The number of amides is 1. The third-order valence-electron chi connectivity index (χ3n) is 4.16. The molecule has 0 saturated carbocycles. The standard InChI is InChI=1S/C21H26N2O5S/c1-6-13(2)28-16-9-7-8-15(12-16)22-21(29)23-20(24)14-10-17(25-3)19(27-5)18(11-14)26-4/h7-13H,6H2,1-5H3,(H2,22,23,24,29). The van der Waals surface area contributed by atoms with Gasteiger partial charge in [0.1, 0.15) is 5.75 Å². The maximum Gasteiger partial charge on any atom is 0.257 e. The second-order valence-electron chi connectivity index (χ2n) is 6.19. The zero-order valence-corrected chi connectivity index (χ0v) is 18.0. The summed E-state index contributed by atoms with van der Waals surface area (Å²) >= 11 is 5.27. The van der Waals surface area contributed by atoms with Gasteiger partial charge in [0.05, 0.1) is 27.4 Å². The largest absolute Gasteiger partial charge is 0.493 e. The van der Waals surface area contributed by atoms with Crippen molar-refractivity contribution in [3.8, 4) is 23.0 Å². The molecule has 2 aromatic carbocycles. The minimum Gasteiger partial charge on any atom is -0.493 e. The molecule has 8 heteroatoms. The van der Waals surface area contributed by atoms with Crippen molar-refractivity contribution in [1.82, 2.24) is 5.32 Å². The first-order valence-corrected chi connectivity index (χ1v) is 9.51. The van der Waals surface area contributed by atoms with Gasteiger partial charge in [-0.05, 0) is 49.8 Å². The lowest BCUT2D eigenvalue weighted by molar-refractivity contribution is 0.0977. The number of carbonyl (C=O) groups is 1. The third-order valence-corrected chi connectivity index (χ3v) is 4.36. The van der Waals surface area contributed by atoms with Crippen molar-refractivity contribution in [2.24, 2.45) is 0 Å². The van der Waals surface area contributed by atoms with Gasteiger partial charge in [0.15, 0.2) is 16.6 Å². The molecule has 0 aromatic heterocycles. The molecule has 1 unspecified atom stereocenters. The van der Waals surface area contributed by atoms with Crippen molar-refractivity contribution in [2.75, 3.05) is 26.6 Å². The summed E-state index contributed by atoms with van der Waals surface area (Å²) in [6, 6.07) is 10.5. The smallest absolute Gasteiger partial charge is 0.257 e. The molecule has 0 radical (unpaired) electrons. The van der Waals surface area contributed by atoms with Crippen LogP contribution in [-0.4, -0.2) is 38.5 Å². The molecule has 0 aliphatic rings. The first-order chi connectivity index (χ1) is 13.9. The fourth-order valence-corrected chi connectivity index (χ4v) is 2.72. The molecule has 2 N–H and O–H groups in total. The second-order valence-corrected chi connectivity index (χ2v) is 6.60. The summed E-state index contributed by atoms with van der Waals surface area (Å²) in [5.41, 5.74) is 1.03. The molecule has 0 bridgehead atoms. The van der Waals surface area contributed by atoms with Crippen molar-refractivity contribution in [1.29, 1.82) is 0 Å². The van der Waals surface area contributed by atoms with Crippen LogP contribution in [0.15, 0.2) is 36.4 Å². The molecule has 0 fully saturated rings. The van der Waals surface area contributed by atoms with Crippen molar-refractivity contribution in [2.45, 2.75) is 26.4 Å². The molecule has 0 heterocycles. The monoisotopic (exact) mass is 418 g/mol. The van der Waals surface area contributed by atoms with E-state index in [9.17, 15) is 4.79 Å². The number of thiocarbonyl (C=S) groups is 1. The predicted molar refractivity (Wildman–Crippen MR) is 117 cm³/mol. The molecule has 0 aliphatic heterocycles. The fourth-order valence-electron chi connectivity index (χ4n) is 2.51. The predicted octanol–water partition coefficient (Wildman–Crippen LogP) is 4.02. The Morgan fingerprint density at radius 3 is 2.28 bits per heavy atom. The Morgan fingerprint density at radius 1 is 1.07 bits per heavy atom. The van der Waals surface area contributed by atoms with Crippen molar-refractivity contribution in [3.05, 3.63) is 42.0 Å². The highest BCUT2D eigenvalue weighted by Crippen LogP contribution is 2.38. The van der Waals surface area contributed by atoms with Gasteiger partial charge in [0.25, 0.3) is 5.91 Å². The van der Waals surface area contributed by atoms with E-state index >= 15 is 0 Å². The Kier molecular flexibility index (Phi) is 8.09. The highest BCUT2D eigenvalue weighted by atomic mass is 32.1. The number of carbonyl (C=O) groups excluding carboxylic acids is 1. The highest BCUT2D eigenvalue weighted by molar-refractivity contribution is 7.80. The Hall–Kier alpha value is -3.00. The van der Waals surface area contributed by atoms with E-state index in [2.05, 4.69) is 17.6 Å². The molecule has 2 rings (SSSR count). The molecule has 2 aromatic rings. The number of methoxy groups -OCH3 is 3. The Labute approximate surface area is 176 Å². The van der Waals surface area contributed by atoms with Crippen LogP contribution >= 0.6 is 12.2 Å². The molecular formula is C21H26N2O5S. The number of hydrogen-bond donors (Lipinski definition) is 2. The van der Waals surface area contributed by atoms with Crippen molar-refractivity contribution < 1.29 is 23.7 Å². The minimum absolute atomic E-state index is 0.108. The summed E-state index contributed by atoms with van der Waals surface area (Å²) in [4.78, 5) is 12.6. The maximum absolute atomic E-state index is 12.6. The Morgan fingerprint density at radius 2 is 1.72 bits per heavy atom. The summed E-state index contributed by atoms with van der Waals surface area (Å²) in [5, 5.41) is 5.79. The molecule has 0 saturated heterocycles. The topological polar surface area (TPSA) is 78.1 Å². The van der Waals surface area contributed by atoms with E-state index in [1.54, 1.807) is 12.1 Å². The molecule has 7 nitrogen and oxygen atoms in total. The van der Waals surface area contributed by atoms with Crippen LogP contribution in [0.25, 0.3) is 0 Å². The van der Waals surface area contributed by atoms with Crippen LogP contribution in [0.3, 0.4) is 0 Å². The van der Waals surface area contributed by atoms with Crippen LogP contribution in [0.1, 0.15) is 30.6 Å². The number of anilines is 1. The highest BCUT2D eigenvalue weighted by Gasteiger charge is 2.17. The zero-order valence-electron chi connectivity index (χ0n) is 17.2. The molecule has 0 spiro atoms. The van der Waals surface area contributed by atoms with Gasteiger partial charge < -0.3 is 24.3 Å². The van der Waals surface area contributed by atoms with Crippen LogP contribution < -0.4 is 29.6 Å². The first kappa shape index (κ1) is 22.3. The van der Waals surface area contributed by atoms with Gasteiger partial charge in [-0.25, -0.2) is 0 Å². The third kappa shape index (κ3) is 5.99. The number of hydrogen-bond acceptors (Lipinski definition) is 6. The van der Waals surface area contributed by atoms with E-state index in [-0.39, 0.29) is 11.2 Å². The van der Waals surface area contributed by atoms with Gasteiger partial charge in [0.2, 0.25) is 5.75 Å². The molecule has 1 atom stereocenters. The Bertz CT molecular complexity index is 847. The van der Waals surface area contributed by atoms with Gasteiger partial charge >= 0.3 is 0 Å².